The van der Waals surface area contributed by atoms with Gasteiger partial charge in [0.15, 0.2) is 0 Å². The van der Waals surface area contributed by atoms with Crippen LogP contribution in [0.15, 0.2) is 36.5 Å². The number of hydrogen-bond acceptors (Lipinski definition) is 3. The van der Waals surface area contributed by atoms with E-state index in [1.54, 1.807) is 17.7 Å². The van der Waals surface area contributed by atoms with Gasteiger partial charge in [-0.3, -0.25) is 14.2 Å². The molecule has 1 heterocycles. The predicted molar refractivity (Wildman–Crippen MR) is 68.4 cm³/mol. The van der Waals surface area contributed by atoms with E-state index in [2.05, 4.69) is 0 Å². The van der Waals surface area contributed by atoms with Gasteiger partial charge >= 0.3 is 5.97 Å². The molecule has 0 N–H and O–H groups in total. The SMILES string of the molecule is CCOC(=O)CCC(=O)n1ccc2ccccc21. The summed E-state index contributed by atoms with van der Waals surface area (Å²) < 4.78 is 6.37. The number of nitrogens with zero attached hydrogens (tertiary/aromatic N) is 1. The first-order valence-corrected chi connectivity index (χ1v) is 5.97. The first kappa shape index (κ1) is 12.4. The smallest absolute Gasteiger partial charge is 0.306 e. The number of fused-ring (bicyclic) bond motifs is 1. The van der Waals surface area contributed by atoms with Crippen LogP contribution in [0.3, 0.4) is 0 Å². The molecule has 18 heavy (non-hydrogen) atoms. The van der Waals surface area contributed by atoms with Gasteiger partial charge in [0.25, 0.3) is 0 Å². The zero-order valence-corrected chi connectivity index (χ0v) is 10.3. The molecule has 1 aromatic heterocycles. The highest BCUT2D eigenvalue weighted by molar-refractivity contribution is 5.93. The Bertz CT molecular complexity index is 571. The topological polar surface area (TPSA) is 48.3 Å². The first-order valence-electron chi connectivity index (χ1n) is 5.97. The summed E-state index contributed by atoms with van der Waals surface area (Å²) in [5.41, 5.74) is 0.867. The molecule has 2 aromatic rings. The van der Waals surface area contributed by atoms with Gasteiger partial charge in [0.05, 0.1) is 18.5 Å². The molecule has 0 saturated heterocycles. The normalized spacial score (nSPS) is 10.5. The van der Waals surface area contributed by atoms with Crippen LogP contribution in [0.1, 0.15) is 24.6 Å². The Kier molecular flexibility index (Phi) is 3.77. The molecule has 4 heteroatoms. The number of esters is 1. The van der Waals surface area contributed by atoms with Crippen LogP contribution in [0.2, 0.25) is 0 Å². The van der Waals surface area contributed by atoms with Gasteiger partial charge in [0.2, 0.25) is 5.91 Å². The molecular formula is C14H15NO3. The van der Waals surface area contributed by atoms with Crippen molar-refractivity contribution in [2.45, 2.75) is 19.8 Å². The van der Waals surface area contributed by atoms with Gasteiger partial charge < -0.3 is 4.74 Å². The van der Waals surface area contributed by atoms with Crippen molar-refractivity contribution in [1.82, 2.24) is 4.57 Å². The summed E-state index contributed by atoms with van der Waals surface area (Å²) in [7, 11) is 0. The average molecular weight is 245 g/mol. The fraction of sp³-hybridized carbons (Fsp3) is 0.286. The van der Waals surface area contributed by atoms with Crippen LogP contribution in [0.25, 0.3) is 10.9 Å². The number of aromatic nitrogens is 1. The van der Waals surface area contributed by atoms with Crippen molar-refractivity contribution in [3.05, 3.63) is 36.5 Å². The van der Waals surface area contributed by atoms with E-state index in [0.29, 0.717) is 6.61 Å². The lowest BCUT2D eigenvalue weighted by molar-refractivity contribution is -0.143. The first-order chi connectivity index (χ1) is 8.72. The minimum Gasteiger partial charge on any atom is -0.466 e. The lowest BCUT2D eigenvalue weighted by Gasteiger charge is -2.04. The van der Waals surface area contributed by atoms with Crippen molar-refractivity contribution >= 4 is 22.8 Å². The predicted octanol–water partition coefficient (Wildman–Crippen LogP) is 2.62. The van der Waals surface area contributed by atoms with Crippen LogP contribution in [0, 0.1) is 0 Å². The van der Waals surface area contributed by atoms with E-state index in [0.717, 1.165) is 10.9 Å². The van der Waals surface area contributed by atoms with Crippen molar-refractivity contribution in [1.29, 1.82) is 0 Å². The molecule has 0 aliphatic carbocycles. The summed E-state index contributed by atoms with van der Waals surface area (Å²) in [6, 6.07) is 9.53. The zero-order valence-electron chi connectivity index (χ0n) is 10.3. The lowest BCUT2D eigenvalue weighted by Crippen LogP contribution is -2.12. The Morgan fingerprint density at radius 3 is 2.72 bits per heavy atom. The highest BCUT2D eigenvalue weighted by Gasteiger charge is 2.11. The summed E-state index contributed by atoms with van der Waals surface area (Å²) in [5, 5.41) is 1.02. The Morgan fingerprint density at radius 2 is 1.94 bits per heavy atom. The molecule has 0 amide bonds. The summed E-state index contributed by atoms with van der Waals surface area (Å²) >= 11 is 0. The van der Waals surface area contributed by atoms with E-state index in [1.165, 1.54) is 0 Å². The van der Waals surface area contributed by atoms with Crippen molar-refractivity contribution in [2.75, 3.05) is 6.61 Å². The number of hydrogen-bond donors (Lipinski definition) is 0. The third-order valence-corrected chi connectivity index (χ3v) is 2.72. The summed E-state index contributed by atoms with van der Waals surface area (Å²) in [6.07, 6.45) is 2.02. The highest BCUT2D eigenvalue weighted by atomic mass is 16.5. The number of ether oxygens (including phenoxy) is 1. The standard InChI is InChI=1S/C14H15NO3/c1-2-18-14(17)8-7-13(16)15-10-9-11-5-3-4-6-12(11)15/h3-6,9-10H,2,7-8H2,1H3. The van der Waals surface area contributed by atoms with Crippen molar-refractivity contribution < 1.29 is 14.3 Å². The second-order valence-corrected chi connectivity index (χ2v) is 3.94. The molecule has 0 spiro atoms. The molecule has 0 aliphatic heterocycles. The third kappa shape index (κ3) is 2.59. The molecule has 0 bridgehead atoms. The molecule has 0 atom stereocenters. The number of carbonyl (C=O) groups excluding carboxylic acids is 2. The fourth-order valence-corrected chi connectivity index (χ4v) is 1.86. The lowest BCUT2D eigenvalue weighted by atomic mass is 10.2. The zero-order chi connectivity index (χ0) is 13.0. The quantitative estimate of drug-likeness (QED) is 0.778. The molecule has 0 fully saturated rings. The molecule has 94 valence electrons. The Labute approximate surface area is 105 Å². The summed E-state index contributed by atoms with van der Waals surface area (Å²) in [5.74, 6) is -0.424. The number of benzene rings is 1. The van der Waals surface area contributed by atoms with Crippen LogP contribution in [0.5, 0.6) is 0 Å². The second-order valence-electron chi connectivity index (χ2n) is 3.94. The minimum atomic E-state index is -0.331. The largest absolute Gasteiger partial charge is 0.466 e. The van der Waals surface area contributed by atoms with Crippen LogP contribution < -0.4 is 0 Å². The molecule has 0 unspecified atom stereocenters. The van der Waals surface area contributed by atoms with Gasteiger partial charge in [0, 0.05) is 18.0 Å². The van der Waals surface area contributed by atoms with Crippen LogP contribution in [0.4, 0.5) is 0 Å². The van der Waals surface area contributed by atoms with Gasteiger partial charge in [-0.2, -0.15) is 0 Å². The van der Waals surface area contributed by atoms with E-state index in [-0.39, 0.29) is 24.7 Å². The second kappa shape index (κ2) is 5.49. The van der Waals surface area contributed by atoms with Gasteiger partial charge in [-0.1, -0.05) is 18.2 Å². The van der Waals surface area contributed by atoms with E-state index in [4.69, 9.17) is 4.74 Å². The number of rotatable bonds is 4. The average Bonchev–Trinajstić information content (AvgIpc) is 2.80. The summed E-state index contributed by atoms with van der Waals surface area (Å²) in [6.45, 7) is 2.10. The van der Waals surface area contributed by atoms with Gasteiger partial charge in [-0.25, -0.2) is 0 Å². The van der Waals surface area contributed by atoms with Gasteiger partial charge in [-0.15, -0.1) is 0 Å². The van der Waals surface area contributed by atoms with Crippen molar-refractivity contribution in [3.63, 3.8) is 0 Å². The maximum absolute atomic E-state index is 12.0. The maximum Gasteiger partial charge on any atom is 0.306 e. The Hall–Kier alpha value is -2.10. The van der Waals surface area contributed by atoms with E-state index < -0.39 is 0 Å². The van der Waals surface area contributed by atoms with Gasteiger partial charge in [0.1, 0.15) is 0 Å². The number of para-hydroxylation sites is 1. The van der Waals surface area contributed by atoms with E-state index >= 15 is 0 Å². The Morgan fingerprint density at radius 1 is 1.17 bits per heavy atom. The Balaban J connectivity index is 2.07. The van der Waals surface area contributed by atoms with Crippen molar-refractivity contribution in [2.24, 2.45) is 0 Å². The molecule has 0 radical (unpaired) electrons. The maximum atomic E-state index is 12.0. The summed E-state index contributed by atoms with van der Waals surface area (Å²) in [4.78, 5) is 23.2. The third-order valence-electron chi connectivity index (χ3n) is 2.72. The van der Waals surface area contributed by atoms with Crippen LogP contribution in [-0.4, -0.2) is 23.1 Å². The van der Waals surface area contributed by atoms with E-state index in [9.17, 15) is 9.59 Å². The molecule has 2 rings (SSSR count). The molecule has 4 nitrogen and oxygen atoms in total. The van der Waals surface area contributed by atoms with Gasteiger partial charge in [-0.05, 0) is 19.1 Å². The molecule has 0 saturated carbocycles. The van der Waals surface area contributed by atoms with E-state index in [1.807, 2.05) is 30.3 Å². The monoisotopic (exact) mass is 245 g/mol. The minimum absolute atomic E-state index is 0.0933. The molecule has 0 aliphatic rings. The fourth-order valence-electron chi connectivity index (χ4n) is 1.86. The number of carbonyl (C=O) groups is 2. The highest BCUT2D eigenvalue weighted by Crippen LogP contribution is 2.15. The van der Waals surface area contributed by atoms with Crippen molar-refractivity contribution in [3.8, 4) is 0 Å². The van der Waals surface area contributed by atoms with Crippen LogP contribution >= 0.6 is 0 Å². The molecule has 1 aromatic carbocycles. The molecular weight excluding hydrogens is 230 g/mol. The van der Waals surface area contributed by atoms with Crippen LogP contribution in [-0.2, 0) is 9.53 Å².